The summed E-state index contributed by atoms with van der Waals surface area (Å²) in [5.74, 6) is 3.07. The lowest BCUT2D eigenvalue weighted by Crippen LogP contribution is -2.20. The number of hydrogen-bond donors (Lipinski definition) is 1. The molecule has 0 fully saturated rings. The van der Waals surface area contributed by atoms with Crippen LogP contribution in [0.25, 0.3) is 87.6 Å². The van der Waals surface area contributed by atoms with Gasteiger partial charge in [-0.25, -0.2) is 9.97 Å². The van der Waals surface area contributed by atoms with Gasteiger partial charge in [0.15, 0.2) is 0 Å². The van der Waals surface area contributed by atoms with Crippen molar-refractivity contribution in [3.05, 3.63) is 535 Å². The summed E-state index contributed by atoms with van der Waals surface area (Å²) in [5, 5.41) is 14.9. The second-order valence-electron chi connectivity index (χ2n) is 41.9. The Bertz CT molecular complexity index is 8430. The molecule has 0 saturated carbocycles. The van der Waals surface area contributed by atoms with E-state index in [1.807, 2.05) is 78.9 Å². The zero-order chi connectivity index (χ0) is 103. The van der Waals surface area contributed by atoms with Gasteiger partial charge in [-0.15, -0.1) is 0 Å². The van der Waals surface area contributed by atoms with E-state index in [-0.39, 0.29) is 21.7 Å². The predicted octanol–water partition coefficient (Wildman–Crippen LogP) is 41.4. The van der Waals surface area contributed by atoms with E-state index in [0.29, 0.717) is 20.9 Å². The molecule has 0 aliphatic heterocycles. The summed E-state index contributed by atoms with van der Waals surface area (Å²) in [6.07, 6.45) is 0. The minimum atomic E-state index is -0.242. The highest BCUT2D eigenvalue weighted by molar-refractivity contribution is 6.44. The molecule has 0 bridgehead atoms. The van der Waals surface area contributed by atoms with Gasteiger partial charge in [0.25, 0.3) is 0 Å². The monoisotopic (exact) mass is 1990 g/mol. The summed E-state index contributed by atoms with van der Waals surface area (Å²) < 4.78 is 0. The van der Waals surface area contributed by atoms with E-state index >= 15 is 0 Å². The van der Waals surface area contributed by atoms with Gasteiger partial charge in [-0.1, -0.05) is 445 Å². The van der Waals surface area contributed by atoms with Gasteiger partial charge in [0.05, 0.1) is 43.5 Å². The molecule has 0 aliphatic rings. The van der Waals surface area contributed by atoms with Gasteiger partial charge >= 0.3 is 0 Å². The fourth-order valence-electron chi connectivity index (χ4n) is 19.7. The number of benzene rings is 20. The molecule has 20 aromatic carbocycles. The summed E-state index contributed by atoms with van der Waals surface area (Å²) in [4.78, 5) is 22.3. The highest BCUT2D eigenvalue weighted by Gasteiger charge is 2.33. The molecule has 732 valence electrons. The van der Waals surface area contributed by atoms with E-state index in [9.17, 15) is 0 Å². The summed E-state index contributed by atoms with van der Waals surface area (Å²) in [6.45, 7) is 27.0. The molecule has 8 nitrogen and oxygen atoms in total. The number of anilines is 17. The molecule has 2 aromatic heterocycles. The maximum Gasteiger partial charge on any atom is 0.140 e. The number of rotatable bonds is 21. The molecule has 11 heteroatoms. The van der Waals surface area contributed by atoms with Crippen molar-refractivity contribution in [2.75, 3.05) is 29.8 Å². The van der Waals surface area contributed by atoms with Crippen molar-refractivity contribution in [1.29, 1.82) is 0 Å². The Hall–Kier alpha value is -16.6. The van der Waals surface area contributed by atoms with Crippen LogP contribution in [-0.4, -0.2) is 9.97 Å². The van der Waals surface area contributed by atoms with Gasteiger partial charge in [-0.2, -0.15) is 0 Å². The molecule has 22 rings (SSSR count). The number of halogens is 3. The smallest absolute Gasteiger partial charge is 0.140 e. The first kappa shape index (κ1) is 99.7. The van der Waals surface area contributed by atoms with Crippen LogP contribution in [0.1, 0.15) is 105 Å². The van der Waals surface area contributed by atoms with Crippen LogP contribution in [0.3, 0.4) is 0 Å². The zero-order valence-electron chi connectivity index (χ0n) is 86.1. The van der Waals surface area contributed by atoms with Crippen LogP contribution in [-0.2, 0) is 21.7 Å². The summed E-state index contributed by atoms with van der Waals surface area (Å²) in [6, 6.07) is 176. The van der Waals surface area contributed by atoms with Gasteiger partial charge in [0.2, 0.25) is 0 Å². The first-order chi connectivity index (χ1) is 72.2. The molecule has 0 atom stereocenters. The first-order valence-corrected chi connectivity index (χ1v) is 52.1. The average Bonchev–Trinajstić information content (AvgIpc) is 0.745. The number of nitrogens with zero attached hydrogens (tertiary/aromatic N) is 7. The standard InChI is InChI=1S/C69H59ClN4.C47H39N3.C22H21Cl2N/c1-68(2,3)51-42-43-62(61(45-51)60-39-22-27-49-25-17-19-37-58(49)60)74(56-35-20-28-50(44-56)59-38-21-26-48-24-16-18-36-57(48)59)66-41-23-40-65(71-66)73(55-33-14-9-15-34-55)64-47-52(69(4,5)6)46-63(67(64)70)72(53-29-10-7-11-30-53)54-31-12-8-13-32-54;1-47(2,3)36-29-30-44(43(32-36)42-26-13-18-34-16-8-10-24-40(34)42)50(46-28-14-27-45(49-46)48-37-20-5-4-6-21-37)38-22-11-19-35(31-38)41-25-12-17-33-15-7-9-23-39(33)41;1-22(2,3)16-14-19(23)21(24)20(15-16)25(17-10-6-4-7-11-17)18-12-8-5-9-13-18/h7-47H,1-6H3;4-32H,1-3H3,(H,48,49);4-15H,1-3H3. The third kappa shape index (κ3) is 21.8. The van der Waals surface area contributed by atoms with E-state index in [2.05, 4.69) is 531 Å². The highest BCUT2D eigenvalue weighted by Crippen LogP contribution is 2.54. The van der Waals surface area contributed by atoms with Gasteiger partial charge in [-0.05, 0) is 290 Å². The van der Waals surface area contributed by atoms with Crippen molar-refractivity contribution in [2.45, 2.75) is 105 Å². The molecule has 0 aliphatic carbocycles. The molecule has 2 heterocycles. The van der Waals surface area contributed by atoms with Crippen molar-refractivity contribution in [1.82, 2.24) is 9.97 Å². The van der Waals surface area contributed by atoms with Gasteiger partial charge in [0, 0.05) is 56.6 Å². The average molecular weight is 2000 g/mol. The fourth-order valence-corrected chi connectivity index (χ4v) is 20.4. The zero-order valence-corrected chi connectivity index (χ0v) is 88.4. The first-order valence-electron chi connectivity index (χ1n) is 51.0. The Morgan fingerprint density at radius 1 is 0.195 bits per heavy atom. The van der Waals surface area contributed by atoms with E-state index in [4.69, 9.17) is 44.8 Å². The van der Waals surface area contributed by atoms with Crippen molar-refractivity contribution in [3.63, 3.8) is 0 Å². The highest BCUT2D eigenvalue weighted by atomic mass is 35.5. The number of fused-ring (bicyclic) bond motifs is 4. The Labute approximate surface area is 892 Å². The number of para-hydroxylation sites is 6. The van der Waals surface area contributed by atoms with Crippen LogP contribution in [0, 0.1) is 0 Å². The lowest BCUT2D eigenvalue weighted by molar-refractivity contribution is 0.590. The van der Waals surface area contributed by atoms with Crippen LogP contribution in [0.15, 0.2) is 497 Å². The second-order valence-corrected chi connectivity index (χ2v) is 43.0. The lowest BCUT2D eigenvalue weighted by atomic mass is 9.84. The third-order valence-electron chi connectivity index (χ3n) is 27.5. The van der Waals surface area contributed by atoms with Crippen molar-refractivity contribution in [2.24, 2.45) is 0 Å². The second kappa shape index (κ2) is 43.2. The van der Waals surface area contributed by atoms with E-state index < -0.39 is 0 Å². The number of pyridine rings is 2. The van der Waals surface area contributed by atoms with Crippen LogP contribution in [0.5, 0.6) is 0 Å². The van der Waals surface area contributed by atoms with Crippen molar-refractivity contribution < 1.29 is 0 Å². The Morgan fingerprint density at radius 3 is 0.846 bits per heavy atom. The molecule has 0 unspecified atom stereocenters. The predicted molar refractivity (Wildman–Crippen MR) is 640 cm³/mol. The lowest BCUT2D eigenvalue weighted by Gasteiger charge is -2.34. The minimum absolute atomic E-state index is 0.0258. The normalized spacial score (nSPS) is 11.6. The van der Waals surface area contributed by atoms with Crippen LogP contribution < -0.4 is 29.8 Å². The molecule has 0 amide bonds. The topological polar surface area (TPSA) is 54.0 Å². The van der Waals surface area contributed by atoms with E-state index in [1.165, 1.54) is 70.9 Å². The molecule has 149 heavy (non-hydrogen) atoms. The number of nitrogens with one attached hydrogen (secondary N) is 1. The molecule has 0 saturated heterocycles. The number of hydrogen-bond acceptors (Lipinski definition) is 8. The number of aromatic nitrogens is 2. The maximum atomic E-state index is 8.00. The molecule has 22 aromatic rings. The van der Waals surface area contributed by atoms with Crippen LogP contribution in [0.4, 0.5) is 97.2 Å². The largest absolute Gasteiger partial charge is 0.340 e. The molecule has 0 radical (unpaired) electrons. The van der Waals surface area contributed by atoms with Crippen molar-refractivity contribution in [3.8, 4) is 44.5 Å². The maximum absolute atomic E-state index is 8.00. The van der Waals surface area contributed by atoms with E-state index in [1.54, 1.807) is 0 Å². The van der Waals surface area contributed by atoms with Gasteiger partial charge in [0.1, 0.15) is 23.3 Å². The third-order valence-corrected chi connectivity index (χ3v) is 28.7. The van der Waals surface area contributed by atoms with Crippen molar-refractivity contribution >= 4 is 175 Å². The summed E-state index contributed by atoms with van der Waals surface area (Å²) in [5.41, 5.74) is 26.3. The van der Waals surface area contributed by atoms with E-state index in [0.717, 1.165) is 130 Å². The van der Waals surface area contributed by atoms with Gasteiger partial charge < -0.3 is 15.1 Å². The SMILES string of the molecule is CC(C)(C)c1cc(Cl)c(Cl)c(N(c2ccccc2)c2ccccc2)c1.CC(C)(C)c1ccc(N(c2cccc(-c3cccc4ccccc34)c2)c2cccc(N(c3ccccc3)c3cc(C(C)(C)C)cc(N(c4ccccc4)c4ccccc4)c3Cl)n2)c(-c2cccc3ccccc23)c1.CC(C)(C)c1ccc(N(c2cccc(-c3cccc4ccccc34)c2)c2cccc(Nc3ccccc3)n2)c(-c2cccc3ccccc23)c1. The van der Waals surface area contributed by atoms with Gasteiger partial charge in [-0.3, -0.25) is 14.7 Å². The fraction of sp³-hybridized carbons (Fsp3) is 0.116. The molecular weight excluding hydrogens is 1880 g/mol. The molecule has 0 spiro atoms. The quantitative estimate of drug-likeness (QED) is 0.0764. The summed E-state index contributed by atoms with van der Waals surface area (Å²) in [7, 11) is 0. The Kier molecular flexibility index (Phi) is 28.9. The molecule has 1 N–H and O–H groups in total. The molecular formula is C138H119Cl3N8. The van der Waals surface area contributed by atoms with Crippen LogP contribution in [0.2, 0.25) is 15.1 Å². The minimum Gasteiger partial charge on any atom is -0.340 e. The summed E-state index contributed by atoms with van der Waals surface area (Å²) >= 11 is 21.1. The van der Waals surface area contributed by atoms with Crippen LogP contribution >= 0.6 is 34.8 Å². The Balaban J connectivity index is 0.000000153. The Morgan fingerprint density at radius 2 is 0.470 bits per heavy atom.